The Bertz CT molecular complexity index is 512. The van der Waals surface area contributed by atoms with Crippen molar-refractivity contribution in [2.45, 2.75) is 17.6 Å². The van der Waals surface area contributed by atoms with Crippen LogP contribution in [0, 0.1) is 0 Å². The maximum absolute atomic E-state index is 12.3. The van der Waals surface area contributed by atoms with E-state index in [1.165, 1.54) is 17.8 Å². The molecule has 0 fully saturated rings. The third kappa shape index (κ3) is 4.24. The van der Waals surface area contributed by atoms with Crippen molar-refractivity contribution < 1.29 is 13.2 Å². The molecule has 0 aliphatic rings. The Morgan fingerprint density at radius 2 is 1.89 bits per heavy atom. The topological polar surface area (TPSA) is 25.8 Å². The molecule has 2 heterocycles. The van der Waals surface area contributed by atoms with Gasteiger partial charge in [0, 0.05) is 23.8 Å². The van der Waals surface area contributed by atoms with Crippen LogP contribution in [0.25, 0.3) is 0 Å². The second-order valence-corrected chi connectivity index (χ2v) is 4.92. The minimum absolute atomic E-state index is 0.587. The standard InChI is InChI=1S/C13H11F3N2S/c14-13(15,16)10-4-5-12(18-9-10)19-8-6-11-3-1-2-7-17-11/h1-5,7,9H,6,8H2. The predicted octanol–water partition coefficient (Wildman–Crippen LogP) is 3.83. The predicted molar refractivity (Wildman–Crippen MR) is 67.9 cm³/mol. The molecule has 100 valence electrons. The lowest BCUT2D eigenvalue weighted by Gasteiger charge is -2.06. The maximum Gasteiger partial charge on any atom is 0.417 e. The van der Waals surface area contributed by atoms with Gasteiger partial charge >= 0.3 is 6.18 Å². The van der Waals surface area contributed by atoms with Crippen LogP contribution in [-0.4, -0.2) is 15.7 Å². The molecule has 0 amide bonds. The van der Waals surface area contributed by atoms with E-state index in [1.807, 2.05) is 18.2 Å². The summed E-state index contributed by atoms with van der Waals surface area (Å²) in [4.78, 5) is 7.97. The van der Waals surface area contributed by atoms with Crippen LogP contribution < -0.4 is 0 Å². The molecule has 0 radical (unpaired) electrons. The molecule has 0 aliphatic carbocycles. The number of thioether (sulfide) groups is 1. The monoisotopic (exact) mass is 284 g/mol. The summed E-state index contributed by atoms with van der Waals surface area (Å²) >= 11 is 1.42. The van der Waals surface area contributed by atoms with Gasteiger partial charge in [0.25, 0.3) is 0 Å². The Morgan fingerprint density at radius 3 is 2.47 bits per heavy atom. The second kappa shape index (κ2) is 6.06. The molecule has 2 aromatic heterocycles. The molecule has 19 heavy (non-hydrogen) atoms. The molecule has 2 nitrogen and oxygen atoms in total. The first kappa shape index (κ1) is 13.9. The molecule has 2 aromatic rings. The molecule has 0 unspecified atom stereocenters. The van der Waals surface area contributed by atoms with E-state index in [2.05, 4.69) is 9.97 Å². The van der Waals surface area contributed by atoms with Gasteiger partial charge in [-0.2, -0.15) is 13.2 Å². The zero-order chi connectivity index (χ0) is 13.7. The zero-order valence-electron chi connectivity index (χ0n) is 9.89. The van der Waals surface area contributed by atoms with Crippen LogP contribution in [0.4, 0.5) is 13.2 Å². The Balaban J connectivity index is 1.87. The number of hydrogen-bond acceptors (Lipinski definition) is 3. The van der Waals surface area contributed by atoms with Crippen LogP contribution >= 0.6 is 11.8 Å². The van der Waals surface area contributed by atoms with E-state index >= 15 is 0 Å². The second-order valence-electron chi connectivity index (χ2n) is 3.80. The summed E-state index contributed by atoms with van der Waals surface area (Å²) in [5.74, 6) is 0.732. The van der Waals surface area contributed by atoms with E-state index in [9.17, 15) is 13.2 Å². The van der Waals surface area contributed by atoms with Gasteiger partial charge in [0.05, 0.1) is 10.6 Å². The average molecular weight is 284 g/mol. The number of nitrogens with zero attached hydrogens (tertiary/aromatic N) is 2. The van der Waals surface area contributed by atoms with Crippen molar-refractivity contribution in [1.29, 1.82) is 0 Å². The third-order valence-corrected chi connectivity index (χ3v) is 3.34. The zero-order valence-corrected chi connectivity index (χ0v) is 10.7. The maximum atomic E-state index is 12.3. The number of rotatable bonds is 4. The van der Waals surface area contributed by atoms with Crippen LogP contribution in [0.2, 0.25) is 0 Å². The quantitative estimate of drug-likeness (QED) is 0.798. The number of aryl methyl sites for hydroxylation is 1. The van der Waals surface area contributed by atoms with E-state index in [0.29, 0.717) is 5.03 Å². The van der Waals surface area contributed by atoms with Crippen LogP contribution in [0.1, 0.15) is 11.3 Å². The Labute approximate surface area is 113 Å². The summed E-state index contributed by atoms with van der Waals surface area (Å²) in [5.41, 5.74) is 0.239. The van der Waals surface area contributed by atoms with Gasteiger partial charge in [-0.1, -0.05) is 6.07 Å². The van der Waals surface area contributed by atoms with Gasteiger partial charge in [-0.05, 0) is 30.7 Å². The molecule has 0 bridgehead atoms. The van der Waals surface area contributed by atoms with Crippen LogP contribution in [0.5, 0.6) is 0 Å². The summed E-state index contributed by atoms with van der Waals surface area (Å²) < 4.78 is 37.0. The highest BCUT2D eigenvalue weighted by atomic mass is 32.2. The number of pyridine rings is 2. The number of alkyl halides is 3. The Morgan fingerprint density at radius 1 is 1.05 bits per heavy atom. The molecule has 0 aliphatic heterocycles. The summed E-state index contributed by atoms with van der Waals surface area (Å²) in [5, 5.41) is 0.587. The first-order valence-electron chi connectivity index (χ1n) is 5.61. The average Bonchev–Trinajstić information content (AvgIpc) is 2.39. The minimum atomic E-state index is -4.33. The number of hydrogen-bond donors (Lipinski definition) is 0. The van der Waals surface area contributed by atoms with Gasteiger partial charge in [0.2, 0.25) is 0 Å². The van der Waals surface area contributed by atoms with Crippen molar-refractivity contribution in [3.05, 3.63) is 54.0 Å². The largest absolute Gasteiger partial charge is 0.417 e. The van der Waals surface area contributed by atoms with E-state index in [0.717, 1.165) is 30.1 Å². The summed E-state index contributed by atoms with van der Waals surface area (Å²) in [6, 6.07) is 8.11. The van der Waals surface area contributed by atoms with Gasteiger partial charge in [-0.15, -0.1) is 11.8 Å². The van der Waals surface area contributed by atoms with Gasteiger partial charge in [-0.3, -0.25) is 4.98 Å². The first-order valence-corrected chi connectivity index (χ1v) is 6.60. The Kier molecular flexibility index (Phi) is 4.42. The fourth-order valence-electron chi connectivity index (χ4n) is 1.44. The number of aromatic nitrogens is 2. The molecule has 0 N–H and O–H groups in total. The van der Waals surface area contributed by atoms with Gasteiger partial charge in [0.1, 0.15) is 0 Å². The van der Waals surface area contributed by atoms with E-state index < -0.39 is 11.7 Å². The fourth-order valence-corrected chi connectivity index (χ4v) is 2.25. The normalized spacial score (nSPS) is 11.5. The third-order valence-electron chi connectivity index (χ3n) is 2.40. The lowest BCUT2D eigenvalue weighted by atomic mass is 10.3. The van der Waals surface area contributed by atoms with Gasteiger partial charge in [0.15, 0.2) is 0 Å². The SMILES string of the molecule is FC(F)(F)c1ccc(SCCc2ccccn2)nc1. The molecular weight excluding hydrogens is 273 g/mol. The first-order chi connectivity index (χ1) is 9.05. The molecule has 0 saturated carbocycles. The highest BCUT2D eigenvalue weighted by Crippen LogP contribution is 2.29. The lowest BCUT2D eigenvalue weighted by Crippen LogP contribution is -2.05. The molecule has 0 aromatic carbocycles. The molecule has 0 spiro atoms. The van der Waals surface area contributed by atoms with Gasteiger partial charge in [-0.25, -0.2) is 4.98 Å². The number of halogens is 3. The smallest absolute Gasteiger partial charge is 0.261 e. The summed E-state index contributed by atoms with van der Waals surface area (Å²) in [6.45, 7) is 0. The fraction of sp³-hybridized carbons (Fsp3) is 0.231. The highest BCUT2D eigenvalue weighted by molar-refractivity contribution is 7.99. The minimum Gasteiger partial charge on any atom is -0.261 e. The molecule has 0 saturated heterocycles. The molecule has 2 rings (SSSR count). The van der Waals surface area contributed by atoms with E-state index in [4.69, 9.17) is 0 Å². The molecule has 0 atom stereocenters. The van der Waals surface area contributed by atoms with Gasteiger partial charge < -0.3 is 0 Å². The van der Waals surface area contributed by atoms with E-state index in [1.54, 1.807) is 6.20 Å². The van der Waals surface area contributed by atoms with Crippen LogP contribution in [0.15, 0.2) is 47.8 Å². The van der Waals surface area contributed by atoms with Crippen molar-refractivity contribution in [2.24, 2.45) is 0 Å². The van der Waals surface area contributed by atoms with Crippen molar-refractivity contribution >= 4 is 11.8 Å². The highest BCUT2D eigenvalue weighted by Gasteiger charge is 2.30. The Hall–Kier alpha value is -1.56. The van der Waals surface area contributed by atoms with Crippen molar-refractivity contribution in [3.63, 3.8) is 0 Å². The van der Waals surface area contributed by atoms with E-state index in [-0.39, 0.29) is 0 Å². The summed E-state index contributed by atoms with van der Waals surface area (Å²) in [7, 11) is 0. The molecular formula is C13H11F3N2S. The summed E-state index contributed by atoms with van der Waals surface area (Å²) in [6.07, 6.45) is -0.988. The van der Waals surface area contributed by atoms with Crippen molar-refractivity contribution in [2.75, 3.05) is 5.75 Å². The van der Waals surface area contributed by atoms with Crippen LogP contribution in [0.3, 0.4) is 0 Å². The van der Waals surface area contributed by atoms with Crippen LogP contribution in [-0.2, 0) is 12.6 Å². The van der Waals surface area contributed by atoms with Crippen molar-refractivity contribution in [3.8, 4) is 0 Å². The molecule has 6 heteroatoms. The van der Waals surface area contributed by atoms with Crippen molar-refractivity contribution in [1.82, 2.24) is 9.97 Å². The lowest BCUT2D eigenvalue weighted by molar-refractivity contribution is -0.137.